The van der Waals surface area contributed by atoms with Crippen LogP contribution in [0.1, 0.15) is 11.5 Å². The number of aromatic nitrogens is 5. The Morgan fingerprint density at radius 3 is 2.90 bits per heavy atom. The number of benzene rings is 1. The Morgan fingerprint density at radius 2 is 2.10 bits per heavy atom. The molecule has 5 rings (SSSR count). The summed E-state index contributed by atoms with van der Waals surface area (Å²) in [5.41, 5.74) is 1.68. The van der Waals surface area contributed by atoms with Gasteiger partial charge in [0.2, 0.25) is 5.82 Å². The summed E-state index contributed by atoms with van der Waals surface area (Å²) in [6.07, 6.45) is 6.85. The van der Waals surface area contributed by atoms with E-state index in [4.69, 9.17) is 13.7 Å². The number of imidazole rings is 1. The molecule has 9 heteroatoms. The molecule has 0 bridgehead atoms. The van der Waals surface area contributed by atoms with Crippen molar-refractivity contribution < 1.29 is 13.7 Å². The van der Waals surface area contributed by atoms with Crippen molar-refractivity contribution in [3.8, 4) is 23.0 Å². The average Bonchev–Trinajstić information content (AvgIpc) is 3.45. The summed E-state index contributed by atoms with van der Waals surface area (Å²) in [5, 5.41) is 4.80. The van der Waals surface area contributed by atoms with Crippen LogP contribution in [0.25, 0.3) is 28.2 Å². The van der Waals surface area contributed by atoms with Crippen molar-refractivity contribution in [2.45, 2.75) is 13.5 Å². The quantitative estimate of drug-likeness (QED) is 0.413. The predicted molar refractivity (Wildman–Crippen MR) is 106 cm³/mol. The summed E-state index contributed by atoms with van der Waals surface area (Å²) in [6, 6.07) is 10.4. The van der Waals surface area contributed by atoms with Crippen molar-refractivity contribution in [3.05, 3.63) is 83.2 Å². The molecule has 4 aromatic heterocycles. The van der Waals surface area contributed by atoms with Crippen molar-refractivity contribution in [2.75, 3.05) is 0 Å². The van der Waals surface area contributed by atoms with Gasteiger partial charge in [-0.25, -0.2) is 14.8 Å². The molecule has 0 aliphatic carbocycles. The van der Waals surface area contributed by atoms with Crippen molar-refractivity contribution in [1.29, 1.82) is 0 Å². The predicted octanol–water partition coefficient (Wildman–Crippen LogP) is 3.31. The maximum atomic E-state index is 11.5. The third-order valence-corrected chi connectivity index (χ3v) is 4.53. The lowest BCUT2D eigenvalue weighted by Crippen LogP contribution is -1.99. The molecule has 0 spiro atoms. The van der Waals surface area contributed by atoms with Gasteiger partial charge in [0.05, 0.1) is 0 Å². The van der Waals surface area contributed by atoms with Gasteiger partial charge in [0.15, 0.2) is 6.61 Å². The fourth-order valence-corrected chi connectivity index (χ4v) is 3.03. The molecule has 9 nitrogen and oxygen atoms in total. The fourth-order valence-electron chi connectivity index (χ4n) is 3.03. The lowest BCUT2D eigenvalue weighted by Gasteiger charge is -2.05. The van der Waals surface area contributed by atoms with Crippen LogP contribution in [-0.4, -0.2) is 24.7 Å². The van der Waals surface area contributed by atoms with Crippen LogP contribution in [0.4, 0.5) is 0 Å². The van der Waals surface area contributed by atoms with Crippen LogP contribution in [0, 0.1) is 6.92 Å². The van der Waals surface area contributed by atoms with Gasteiger partial charge in [0, 0.05) is 35.6 Å². The van der Waals surface area contributed by atoms with Gasteiger partial charge in [-0.2, -0.15) is 4.98 Å². The molecule has 0 saturated carbocycles. The number of aryl methyl sites for hydroxylation is 1. The highest BCUT2D eigenvalue weighted by Gasteiger charge is 2.11. The number of fused-ring (bicyclic) bond motifs is 1. The van der Waals surface area contributed by atoms with E-state index in [1.807, 2.05) is 31.3 Å². The largest absolute Gasteiger partial charge is 0.484 e. The molecule has 0 fully saturated rings. The minimum absolute atomic E-state index is 0.106. The van der Waals surface area contributed by atoms with Gasteiger partial charge in [-0.3, -0.25) is 4.57 Å². The number of nitrogens with zero attached hydrogens (tertiary/aromatic N) is 5. The van der Waals surface area contributed by atoms with Crippen LogP contribution >= 0.6 is 0 Å². The van der Waals surface area contributed by atoms with Crippen molar-refractivity contribution in [3.63, 3.8) is 0 Å². The average molecular weight is 401 g/mol. The van der Waals surface area contributed by atoms with E-state index in [2.05, 4.69) is 20.1 Å². The smallest absolute Gasteiger partial charge is 0.336 e. The van der Waals surface area contributed by atoms with E-state index in [9.17, 15) is 4.79 Å². The Hall–Kier alpha value is -4.27. The highest BCUT2D eigenvalue weighted by molar-refractivity contribution is 5.81. The molecule has 0 N–H and O–H groups in total. The van der Waals surface area contributed by atoms with Gasteiger partial charge < -0.3 is 13.7 Å². The first-order valence-electron chi connectivity index (χ1n) is 9.10. The number of pyridine rings is 1. The number of ether oxygens (including phenoxy) is 1. The molecule has 148 valence electrons. The number of hydrogen-bond acceptors (Lipinski definition) is 8. The van der Waals surface area contributed by atoms with Gasteiger partial charge in [-0.1, -0.05) is 5.16 Å². The molecule has 0 radical (unpaired) electrons. The summed E-state index contributed by atoms with van der Waals surface area (Å²) >= 11 is 0. The standard InChI is InChI=1S/C21H15N5O4/c1-13-8-20(27)29-17-4-3-15(9-16(13)17)28-11-19-24-21(25-30-19)14-2-5-18(23-10-14)26-7-6-22-12-26/h2-10,12H,11H2,1H3. The molecule has 0 aliphatic heterocycles. The van der Waals surface area contributed by atoms with Gasteiger partial charge >= 0.3 is 5.63 Å². The highest BCUT2D eigenvalue weighted by atomic mass is 16.5. The molecular weight excluding hydrogens is 386 g/mol. The van der Waals surface area contributed by atoms with E-state index in [1.165, 1.54) is 6.07 Å². The van der Waals surface area contributed by atoms with E-state index >= 15 is 0 Å². The van der Waals surface area contributed by atoms with Crippen LogP contribution in [-0.2, 0) is 6.61 Å². The lowest BCUT2D eigenvalue weighted by molar-refractivity contribution is 0.243. The molecule has 1 aromatic carbocycles. The summed E-state index contributed by atoms with van der Waals surface area (Å²) in [7, 11) is 0. The molecule has 5 aromatic rings. The summed E-state index contributed by atoms with van der Waals surface area (Å²) in [4.78, 5) is 24.2. The van der Waals surface area contributed by atoms with Gasteiger partial charge in [0.25, 0.3) is 5.89 Å². The third-order valence-electron chi connectivity index (χ3n) is 4.53. The highest BCUT2D eigenvalue weighted by Crippen LogP contribution is 2.23. The normalized spacial score (nSPS) is 11.1. The molecule has 30 heavy (non-hydrogen) atoms. The topological polar surface area (TPSA) is 109 Å². The molecule has 0 unspecified atom stereocenters. The Bertz CT molecular complexity index is 1370. The van der Waals surface area contributed by atoms with Crippen LogP contribution < -0.4 is 10.4 Å². The minimum atomic E-state index is -0.375. The second-order valence-electron chi connectivity index (χ2n) is 6.58. The van der Waals surface area contributed by atoms with Crippen molar-refractivity contribution in [2.24, 2.45) is 0 Å². The fraction of sp³-hybridized carbons (Fsp3) is 0.0952. The number of rotatable bonds is 5. The lowest BCUT2D eigenvalue weighted by atomic mass is 10.1. The van der Waals surface area contributed by atoms with E-state index in [-0.39, 0.29) is 12.2 Å². The summed E-state index contributed by atoms with van der Waals surface area (Å²) < 4.78 is 18.0. The van der Waals surface area contributed by atoms with Gasteiger partial charge in [-0.05, 0) is 42.8 Å². The molecule has 4 heterocycles. The molecule has 0 aliphatic rings. The van der Waals surface area contributed by atoms with Gasteiger partial charge in [0.1, 0.15) is 23.5 Å². The molecule has 0 saturated heterocycles. The first-order chi connectivity index (χ1) is 14.7. The van der Waals surface area contributed by atoms with Crippen molar-refractivity contribution >= 4 is 11.0 Å². The Labute approximate surface area is 169 Å². The third kappa shape index (κ3) is 3.44. The molecular formula is C21H15N5O4. The maximum Gasteiger partial charge on any atom is 0.336 e. The van der Waals surface area contributed by atoms with Crippen molar-refractivity contribution in [1.82, 2.24) is 24.7 Å². The van der Waals surface area contributed by atoms with Gasteiger partial charge in [-0.15, -0.1) is 0 Å². The zero-order valence-corrected chi connectivity index (χ0v) is 15.8. The molecule has 0 atom stereocenters. The van der Waals surface area contributed by atoms with Crippen LogP contribution in [0.2, 0.25) is 0 Å². The minimum Gasteiger partial charge on any atom is -0.484 e. The zero-order valence-electron chi connectivity index (χ0n) is 15.8. The maximum absolute atomic E-state index is 11.5. The van der Waals surface area contributed by atoms with Crippen LogP contribution in [0.5, 0.6) is 5.75 Å². The van der Waals surface area contributed by atoms with Crippen LogP contribution in [0.15, 0.2) is 75.1 Å². The second-order valence-corrected chi connectivity index (χ2v) is 6.58. The van der Waals surface area contributed by atoms with E-state index in [0.717, 1.165) is 22.3 Å². The first-order valence-corrected chi connectivity index (χ1v) is 9.10. The van der Waals surface area contributed by atoms with Crippen LogP contribution in [0.3, 0.4) is 0 Å². The van der Waals surface area contributed by atoms with E-state index < -0.39 is 0 Å². The second kappa shape index (κ2) is 7.28. The number of hydrogen-bond donors (Lipinski definition) is 0. The van der Waals surface area contributed by atoms with E-state index in [1.54, 1.807) is 35.4 Å². The SMILES string of the molecule is Cc1cc(=O)oc2ccc(OCc3nc(-c4ccc(-n5ccnc5)nc4)no3)cc12. The molecule has 0 amide bonds. The Kier molecular flexibility index (Phi) is 4.32. The Morgan fingerprint density at radius 1 is 1.17 bits per heavy atom. The first kappa shape index (κ1) is 17.8. The monoisotopic (exact) mass is 401 g/mol. The zero-order chi connectivity index (χ0) is 20.5. The van der Waals surface area contributed by atoms with E-state index in [0.29, 0.717) is 23.0 Å². The summed E-state index contributed by atoms with van der Waals surface area (Å²) in [6.45, 7) is 1.95. The Balaban J connectivity index is 1.30. The summed E-state index contributed by atoms with van der Waals surface area (Å²) in [5.74, 6) is 2.10.